The van der Waals surface area contributed by atoms with Crippen LogP contribution in [-0.2, 0) is 36.5 Å². The van der Waals surface area contributed by atoms with Gasteiger partial charge >= 0.3 is 6.01 Å². The van der Waals surface area contributed by atoms with Gasteiger partial charge in [0.1, 0.15) is 89.2 Å². The zero-order chi connectivity index (χ0) is 98.3. The van der Waals surface area contributed by atoms with Crippen LogP contribution >= 0.6 is 58.0 Å². The number of nitrogens with one attached hydrogen (secondary N) is 1. The third kappa shape index (κ3) is 26.5. The second-order valence-electron chi connectivity index (χ2n) is 37.8. The summed E-state index contributed by atoms with van der Waals surface area (Å²) in [4.78, 5) is 65.0. The Kier molecular flexibility index (Phi) is 36.4. The second kappa shape index (κ2) is 45.4. The number of aliphatic hydroxyl groups is 11. The summed E-state index contributed by atoms with van der Waals surface area (Å²) in [5.41, 5.74) is 29.5. The highest BCUT2D eigenvalue weighted by atomic mass is 32.2. The first-order valence-corrected chi connectivity index (χ1v) is 62.0. The zero-order valence-corrected chi connectivity index (χ0v) is 85.3. The summed E-state index contributed by atoms with van der Waals surface area (Å²) < 4.78 is 43.1. The fourth-order valence-electron chi connectivity index (χ4n) is 15.6. The lowest BCUT2D eigenvalue weighted by Gasteiger charge is -2.18. The molecule has 20 atom stereocenters. The summed E-state index contributed by atoms with van der Waals surface area (Å²) in [7, 11) is 1.44. The first-order valence-electron chi connectivity index (χ1n) is 44.3. The smallest absolute Gasteiger partial charge is 0.320 e. The van der Waals surface area contributed by atoms with Gasteiger partial charge in [-0.1, -0.05) is 55.4 Å². The Morgan fingerprint density at radius 3 is 0.985 bits per heavy atom. The minimum atomic E-state index is -1.26. The number of fused-ring (bicyclic) bond motifs is 5. The van der Waals surface area contributed by atoms with E-state index in [9.17, 15) is 51.1 Å². The summed E-state index contributed by atoms with van der Waals surface area (Å²) in [6.07, 6.45) is 29.7. The van der Waals surface area contributed by atoms with Crippen molar-refractivity contribution in [3.8, 4) is 6.01 Å². The Bertz CT molecular complexity index is 5830. The zero-order valence-electron chi connectivity index (χ0n) is 79.2. The van der Waals surface area contributed by atoms with Crippen LogP contribution in [0.3, 0.4) is 0 Å². The molecule has 42 nitrogen and oxygen atoms in total. The SMILES string of the molecule is C=P(C)(C)CC[C@H]1O[C@@H](n2cnc3c(N)nc(CCC)nc32)[C@H](O)[C@@H]1O.C=P(C)(C)CC[C@H]1O[C@@H](n2cnc3c(N)nc(CCCC)nc32)[C@H](O)[C@@H]1O.C=P(C)(C)CC[C@H]1O[C@@H](n2cnc3c(N)nc(OC)nc32)[C@H](O)[C@@H]1O.C=P(C)(C)CC[C@H]1O[C@@H](n2cnc3c(N)nc(SC)nc32)[C@H](O)[C@@H]1O.C=P(C)(C)CC[C@H]1O[C@@H](n2cnc3c(NC/C=C(/C)CO)nc(SC)nc32)[C@H](O)[C@@H]1O. The third-order valence-corrected chi connectivity index (χ3v) is 31.6. The molecule has 0 bridgehead atoms. The van der Waals surface area contributed by atoms with Gasteiger partial charge in [0.25, 0.3) is 0 Å². The van der Waals surface area contributed by atoms with Crippen molar-refractivity contribution in [1.29, 1.82) is 0 Å². The van der Waals surface area contributed by atoms with E-state index in [4.69, 9.17) is 56.5 Å². The normalized spacial score (nSPS) is 26.3. The lowest BCUT2D eigenvalue weighted by Crippen LogP contribution is -2.31. The van der Waals surface area contributed by atoms with Crippen LogP contribution in [0.2, 0.25) is 0 Å². The van der Waals surface area contributed by atoms with Crippen LogP contribution in [0.5, 0.6) is 6.01 Å². The van der Waals surface area contributed by atoms with Crippen molar-refractivity contribution >= 4 is 174 Å². The van der Waals surface area contributed by atoms with Gasteiger partial charge in [-0.25, -0.2) is 64.8 Å². The summed E-state index contributed by atoms with van der Waals surface area (Å²) >= 11 is 2.76. The molecule has 15 rings (SSSR count). The molecular formula is C85H138N25O17P5S2. The molecule has 5 aliphatic heterocycles. The highest BCUT2D eigenvalue weighted by Gasteiger charge is 2.50. The van der Waals surface area contributed by atoms with E-state index < -0.39 is 157 Å². The Morgan fingerprint density at radius 2 is 0.687 bits per heavy atom. The first-order chi connectivity index (χ1) is 63.0. The van der Waals surface area contributed by atoms with E-state index in [0.29, 0.717) is 140 Å². The van der Waals surface area contributed by atoms with Gasteiger partial charge in [-0.3, -0.25) is 22.8 Å². The minimum Gasteiger partial charge on any atom is -0.467 e. The van der Waals surface area contributed by atoms with Gasteiger partial charge in [0, 0.05) is 19.4 Å². The maximum atomic E-state index is 10.7. The van der Waals surface area contributed by atoms with E-state index in [-0.39, 0.29) is 24.3 Å². The number of aromatic nitrogens is 20. The predicted octanol–water partition coefficient (Wildman–Crippen LogP) is 5.15. The molecule has 0 radical (unpaired) electrons. The predicted molar refractivity (Wildman–Crippen MR) is 543 cm³/mol. The van der Waals surface area contributed by atoms with Crippen LogP contribution in [0.15, 0.2) is 53.6 Å². The molecule has 5 aliphatic rings. The number of rotatable bonds is 32. The Hall–Kier alpha value is -7.15. The number of ether oxygens (including phenoxy) is 6. The largest absolute Gasteiger partial charge is 0.467 e. The van der Waals surface area contributed by atoms with E-state index in [1.54, 1.807) is 35.5 Å². The van der Waals surface area contributed by atoms with E-state index in [1.807, 2.05) is 32.4 Å². The number of aryl methyl sites for hydroxylation is 2. The van der Waals surface area contributed by atoms with Crippen LogP contribution in [0, 0.1) is 0 Å². The molecule has 20 N–H and O–H groups in total. The number of methoxy groups -OCH3 is 1. The highest BCUT2D eigenvalue weighted by Crippen LogP contribution is 2.47. The van der Waals surface area contributed by atoms with Crippen molar-refractivity contribution in [2.24, 2.45) is 0 Å². The number of aliphatic hydroxyl groups excluding tert-OH is 11. The molecule has 5 saturated heterocycles. The molecule has 0 saturated carbocycles. The Labute approximate surface area is 789 Å². The Morgan fingerprint density at radius 1 is 0.403 bits per heavy atom. The summed E-state index contributed by atoms with van der Waals surface area (Å²) in [6, 6.07) is 0.0972. The molecule has 10 aromatic rings. The standard InChI is InChI=1S/C20H32N5O4PS.C18H30N5O3P.C17H28N5O3P.C15H24N5O4P.C15H24N5O3PS/c1-12(10-26)6-8-21-17-14-18(24-20(23-17)31-5)25(11-22-14)19-16(28)15(27)13(29-19)7-9-30(2,3)4;1-5-6-7-12-21-16(19)13-17(22-12)23(10-20-13)18-15(25)14(24)11(26-18)8-9-27(2,3)4;1-5-6-11-20-15(18)12-16(21-11)22(9-19-12)17-14(24)13(23)10(25-17)7-8-26(2,3)4;1-23-15-18-12(16)9-13(19-15)20(7-17-9)14-11(22)10(21)8(24-14)5-6-25(2,3)4;1-24(2,3)6-5-8-10(21)11(22)14(23-8)20-7-17-9-12(16)18-15(25-4)19-13(9)20/h6,11,13,15-16,19,26-28H,2,7-10H2,1,3-5H3,(H,21,23,24);10-11,14-15,18,24-25H,2,5-9H2,1,3-4H3,(H2,19,21,22);9-10,13-14,17,23-24H,2,5-8H2,1,3-4H3,(H2,18,20,21);7-8,10-11,14,21-22H,2,5-6H2,1,3-4H3,(H2,16,18,19);7-8,10-11,14,21-22H,1,5-6H2,2-4H3,(H2,16,18,19)/b12-6-;;;;/t13-,15-,16-,19-;11-,14-,15-,18-;10-,13-,14-,17-;2*8-,10-,11-,14-/m11111/s1. The summed E-state index contributed by atoms with van der Waals surface area (Å²) in [5.74, 6) is 2.92. The van der Waals surface area contributed by atoms with E-state index >= 15 is 0 Å². The lowest BCUT2D eigenvalue weighted by molar-refractivity contribution is -0.0353. The van der Waals surface area contributed by atoms with Crippen LogP contribution in [0.1, 0.15) is 115 Å². The average Bonchev–Trinajstić information content (AvgIpc) is 1.63. The van der Waals surface area contributed by atoms with Crippen molar-refractivity contribution in [2.75, 3.05) is 158 Å². The minimum absolute atomic E-state index is 0.000773. The molecule has 134 heavy (non-hydrogen) atoms. The molecule has 742 valence electrons. The second-order valence-corrected chi connectivity index (χ2v) is 61.0. The average molecular weight is 2000 g/mol. The number of nitrogen functional groups attached to an aromatic ring is 4. The first kappa shape index (κ1) is 107. The quantitative estimate of drug-likeness (QED) is 0.0112. The number of nitrogens with zero attached hydrogens (tertiary/aromatic N) is 20. The van der Waals surface area contributed by atoms with Crippen LogP contribution in [-0.4, -0.2) is 407 Å². The lowest BCUT2D eigenvalue weighted by atomic mass is 10.1. The summed E-state index contributed by atoms with van der Waals surface area (Å²) in [6.45, 7) is 21.6. The van der Waals surface area contributed by atoms with Crippen LogP contribution in [0.25, 0.3) is 55.8 Å². The van der Waals surface area contributed by atoms with Crippen molar-refractivity contribution in [3.05, 3.63) is 54.9 Å². The molecule has 49 heteroatoms. The fraction of sp³-hybridized carbons (Fsp3) is 0.624. The van der Waals surface area contributed by atoms with Gasteiger partial charge < -0.3 is 113 Å². The fourth-order valence-corrected chi connectivity index (χ4v) is 21.1. The van der Waals surface area contributed by atoms with Crippen LogP contribution in [0.4, 0.5) is 29.1 Å². The molecule has 5 fully saturated rings. The summed E-state index contributed by atoms with van der Waals surface area (Å²) in [5, 5.41) is 118. The number of nitrogens with two attached hydrogens (primary N) is 4. The van der Waals surface area contributed by atoms with Gasteiger partial charge in [-0.2, -0.15) is 9.97 Å². The Balaban J connectivity index is 0.000000162. The number of anilines is 5. The molecule has 15 heterocycles. The monoisotopic (exact) mass is 2000 g/mol. The topological polar surface area (TPSA) is 612 Å². The van der Waals surface area contributed by atoms with E-state index in [1.165, 1.54) is 49.6 Å². The van der Waals surface area contributed by atoms with Crippen molar-refractivity contribution in [2.45, 2.75) is 218 Å². The van der Waals surface area contributed by atoms with Gasteiger partial charge in [-0.15, -0.1) is 65.9 Å². The van der Waals surface area contributed by atoms with Gasteiger partial charge in [0.05, 0.1) is 75.9 Å². The van der Waals surface area contributed by atoms with Gasteiger partial charge in [0.2, 0.25) is 0 Å². The molecule has 0 spiro atoms. The van der Waals surface area contributed by atoms with Crippen molar-refractivity contribution < 1.29 is 84.6 Å². The number of unbranched alkanes of at least 4 members (excludes halogenated alkanes) is 1. The van der Waals surface area contributed by atoms with Crippen molar-refractivity contribution in [1.82, 2.24) is 97.6 Å². The van der Waals surface area contributed by atoms with Gasteiger partial charge in [0.15, 0.2) is 110 Å². The molecule has 0 aliphatic carbocycles. The molecule has 0 unspecified atom stereocenters. The van der Waals surface area contributed by atoms with E-state index in [0.717, 1.165) is 62.1 Å². The molecule has 0 amide bonds. The highest BCUT2D eigenvalue weighted by molar-refractivity contribution is 7.98. The van der Waals surface area contributed by atoms with Crippen molar-refractivity contribution in [3.63, 3.8) is 0 Å². The van der Waals surface area contributed by atoms with Crippen LogP contribution < -0.4 is 33.0 Å². The molecule has 10 aromatic heterocycles. The number of hydrogen-bond acceptors (Lipinski definition) is 39. The third-order valence-electron chi connectivity index (χ3n) is 23.1. The number of hydrogen-bond donors (Lipinski definition) is 16. The van der Waals surface area contributed by atoms with E-state index in [2.05, 4.69) is 185 Å². The maximum Gasteiger partial charge on any atom is 0.320 e. The maximum absolute atomic E-state index is 10.7. The molecular weight excluding hydrogens is 1860 g/mol. The van der Waals surface area contributed by atoms with Gasteiger partial charge in [-0.05, 0) is 162 Å². The number of thioether (sulfide) groups is 2. The number of imidazole rings is 5. The molecule has 0 aromatic carbocycles.